The Bertz CT molecular complexity index is 617. The molecule has 1 heterocycles. The number of fused-ring (bicyclic) bond motifs is 1. The van der Waals surface area contributed by atoms with E-state index < -0.39 is 0 Å². The van der Waals surface area contributed by atoms with Crippen molar-refractivity contribution in [3.8, 4) is 5.75 Å². The molecule has 1 aromatic carbocycles. The van der Waals surface area contributed by atoms with Gasteiger partial charge in [0, 0.05) is 36.2 Å². The normalized spacial score (nSPS) is 12.8. The Labute approximate surface area is 133 Å². The number of rotatable bonds is 7. The maximum atomic E-state index is 13.8. The largest absolute Gasteiger partial charge is 0.494 e. The molecule has 0 aliphatic carbocycles. The van der Waals surface area contributed by atoms with Gasteiger partial charge in [-0.05, 0) is 12.7 Å². The summed E-state index contributed by atoms with van der Waals surface area (Å²) in [4.78, 5) is 4.54. The van der Waals surface area contributed by atoms with Crippen LogP contribution in [0.3, 0.4) is 0 Å². The van der Waals surface area contributed by atoms with Gasteiger partial charge < -0.3 is 9.30 Å². The SMILES string of the molecule is CCSCC(C)n1c(CCCl)nc2cc(F)c(OC)cc21. The Balaban J connectivity index is 2.54. The summed E-state index contributed by atoms with van der Waals surface area (Å²) < 4.78 is 21.1. The molecule has 0 bridgehead atoms. The molecule has 0 N–H and O–H groups in total. The van der Waals surface area contributed by atoms with Crippen LogP contribution in [-0.4, -0.2) is 34.0 Å². The first-order valence-corrected chi connectivity index (χ1v) is 8.69. The van der Waals surface area contributed by atoms with Gasteiger partial charge in [0.15, 0.2) is 11.6 Å². The highest BCUT2D eigenvalue weighted by molar-refractivity contribution is 7.99. The van der Waals surface area contributed by atoms with Crippen LogP contribution in [0.25, 0.3) is 11.0 Å². The lowest BCUT2D eigenvalue weighted by molar-refractivity contribution is 0.387. The van der Waals surface area contributed by atoms with Crippen molar-refractivity contribution < 1.29 is 9.13 Å². The average molecular weight is 331 g/mol. The Morgan fingerprint density at radius 3 is 2.86 bits per heavy atom. The summed E-state index contributed by atoms with van der Waals surface area (Å²) in [6, 6.07) is 3.43. The topological polar surface area (TPSA) is 27.1 Å². The summed E-state index contributed by atoms with van der Waals surface area (Å²) in [6.45, 7) is 4.29. The molecule has 116 valence electrons. The molecule has 3 nitrogen and oxygen atoms in total. The molecule has 6 heteroatoms. The molecular weight excluding hydrogens is 311 g/mol. The second-order valence-electron chi connectivity index (χ2n) is 4.82. The van der Waals surface area contributed by atoms with Gasteiger partial charge in [0.25, 0.3) is 0 Å². The van der Waals surface area contributed by atoms with Gasteiger partial charge in [-0.25, -0.2) is 9.37 Å². The molecule has 0 aliphatic rings. The monoisotopic (exact) mass is 330 g/mol. The third-order valence-corrected chi connectivity index (χ3v) is 4.67. The third-order valence-electron chi connectivity index (χ3n) is 3.36. The Morgan fingerprint density at radius 1 is 1.48 bits per heavy atom. The van der Waals surface area contributed by atoms with E-state index >= 15 is 0 Å². The maximum Gasteiger partial charge on any atom is 0.167 e. The molecule has 0 spiro atoms. The first-order chi connectivity index (χ1) is 10.1. The van der Waals surface area contributed by atoms with Crippen LogP contribution in [0, 0.1) is 5.82 Å². The number of halogens is 2. The predicted molar refractivity (Wildman–Crippen MR) is 88.4 cm³/mol. The van der Waals surface area contributed by atoms with Gasteiger partial charge in [-0.1, -0.05) is 6.92 Å². The summed E-state index contributed by atoms with van der Waals surface area (Å²) in [7, 11) is 1.47. The lowest BCUT2D eigenvalue weighted by Crippen LogP contribution is -2.12. The van der Waals surface area contributed by atoms with Crippen molar-refractivity contribution in [1.29, 1.82) is 0 Å². The third kappa shape index (κ3) is 3.46. The van der Waals surface area contributed by atoms with Crippen molar-refractivity contribution in [3.05, 3.63) is 23.8 Å². The number of aromatic nitrogens is 2. The van der Waals surface area contributed by atoms with E-state index in [9.17, 15) is 4.39 Å². The van der Waals surface area contributed by atoms with Crippen LogP contribution in [0.1, 0.15) is 25.7 Å². The lowest BCUT2D eigenvalue weighted by atomic mass is 10.2. The van der Waals surface area contributed by atoms with Gasteiger partial charge in [-0.15, -0.1) is 11.6 Å². The molecule has 0 aliphatic heterocycles. The van der Waals surface area contributed by atoms with E-state index in [1.54, 1.807) is 6.07 Å². The average Bonchev–Trinajstić information content (AvgIpc) is 2.81. The summed E-state index contributed by atoms with van der Waals surface area (Å²) in [6.07, 6.45) is 0.668. The van der Waals surface area contributed by atoms with E-state index in [-0.39, 0.29) is 17.6 Å². The molecule has 0 fully saturated rings. The van der Waals surface area contributed by atoms with Crippen LogP contribution >= 0.6 is 23.4 Å². The number of nitrogens with zero attached hydrogens (tertiary/aromatic N) is 2. The van der Waals surface area contributed by atoms with E-state index in [0.717, 1.165) is 22.8 Å². The number of benzene rings is 1. The molecule has 0 amide bonds. The second kappa shape index (κ2) is 7.36. The van der Waals surface area contributed by atoms with E-state index in [1.165, 1.54) is 13.2 Å². The van der Waals surface area contributed by atoms with Crippen LogP contribution in [0.5, 0.6) is 5.75 Å². The van der Waals surface area contributed by atoms with Crippen molar-refractivity contribution >= 4 is 34.4 Å². The molecule has 0 radical (unpaired) electrons. The minimum atomic E-state index is -0.386. The molecule has 1 aromatic heterocycles. The van der Waals surface area contributed by atoms with Gasteiger partial charge in [0.05, 0.1) is 18.1 Å². The van der Waals surface area contributed by atoms with Crippen molar-refractivity contribution in [3.63, 3.8) is 0 Å². The lowest BCUT2D eigenvalue weighted by Gasteiger charge is -2.17. The van der Waals surface area contributed by atoms with E-state index in [1.807, 2.05) is 11.8 Å². The molecule has 1 atom stereocenters. The minimum Gasteiger partial charge on any atom is -0.494 e. The number of aryl methyl sites for hydroxylation is 1. The molecule has 0 saturated carbocycles. The van der Waals surface area contributed by atoms with Crippen LogP contribution < -0.4 is 4.74 Å². The minimum absolute atomic E-state index is 0.247. The van der Waals surface area contributed by atoms with Crippen molar-refractivity contribution in [1.82, 2.24) is 9.55 Å². The zero-order chi connectivity index (χ0) is 15.4. The standard InChI is InChI=1S/C15H20ClFN2OS/c1-4-21-9-10(2)19-13-8-14(20-3)11(17)7-12(13)18-15(19)5-6-16/h7-8,10H,4-6,9H2,1-3H3. The fourth-order valence-electron chi connectivity index (χ4n) is 2.42. The maximum absolute atomic E-state index is 13.8. The summed E-state index contributed by atoms with van der Waals surface area (Å²) >= 11 is 7.75. The number of hydrogen-bond donors (Lipinski definition) is 0. The Hall–Kier alpha value is -0.940. The van der Waals surface area contributed by atoms with Crippen LogP contribution in [-0.2, 0) is 6.42 Å². The zero-order valence-electron chi connectivity index (χ0n) is 12.5. The Kier molecular flexibility index (Phi) is 5.76. The van der Waals surface area contributed by atoms with Gasteiger partial charge in [-0.2, -0.15) is 11.8 Å². The fraction of sp³-hybridized carbons (Fsp3) is 0.533. The molecule has 1 unspecified atom stereocenters. The van der Waals surface area contributed by atoms with Gasteiger partial charge in [0.1, 0.15) is 5.82 Å². The highest BCUT2D eigenvalue weighted by Crippen LogP contribution is 2.29. The first kappa shape index (κ1) is 16.4. The number of ether oxygens (including phenoxy) is 1. The quantitative estimate of drug-likeness (QED) is 0.709. The van der Waals surface area contributed by atoms with Crippen molar-refractivity contribution in [2.45, 2.75) is 26.3 Å². The number of thioether (sulfide) groups is 1. The van der Waals surface area contributed by atoms with Gasteiger partial charge in [-0.3, -0.25) is 0 Å². The summed E-state index contributed by atoms with van der Waals surface area (Å²) in [5.41, 5.74) is 1.55. The first-order valence-electron chi connectivity index (χ1n) is 7.00. The smallest absolute Gasteiger partial charge is 0.167 e. The number of hydrogen-bond acceptors (Lipinski definition) is 3. The number of alkyl halides is 1. The molecule has 0 saturated heterocycles. The Morgan fingerprint density at radius 2 is 2.24 bits per heavy atom. The second-order valence-corrected chi connectivity index (χ2v) is 6.52. The van der Waals surface area contributed by atoms with Crippen LogP contribution in [0.4, 0.5) is 4.39 Å². The van der Waals surface area contributed by atoms with Gasteiger partial charge >= 0.3 is 0 Å². The highest BCUT2D eigenvalue weighted by atomic mass is 35.5. The molecule has 2 aromatic rings. The molecule has 2 rings (SSSR count). The van der Waals surface area contributed by atoms with Gasteiger partial charge in [0.2, 0.25) is 0 Å². The van der Waals surface area contributed by atoms with Crippen LogP contribution in [0.2, 0.25) is 0 Å². The van der Waals surface area contributed by atoms with Crippen LogP contribution in [0.15, 0.2) is 12.1 Å². The summed E-state index contributed by atoms with van der Waals surface area (Å²) in [5, 5.41) is 0. The number of methoxy groups -OCH3 is 1. The van der Waals surface area contributed by atoms with Crippen molar-refractivity contribution in [2.24, 2.45) is 0 Å². The zero-order valence-corrected chi connectivity index (χ0v) is 14.1. The number of imidazole rings is 1. The van der Waals surface area contributed by atoms with E-state index in [4.69, 9.17) is 16.3 Å². The fourth-order valence-corrected chi connectivity index (χ4v) is 3.31. The van der Waals surface area contributed by atoms with E-state index in [0.29, 0.717) is 17.8 Å². The summed E-state index contributed by atoms with van der Waals surface area (Å²) in [5.74, 6) is 3.31. The molecular formula is C15H20ClFN2OS. The highest BCUT2D eigenvalue weighted by Gasteiger charge is 2.18. The predicted octanol–water partition coefficient (Wildman–Crippen LogP) is 4.28. The molecule has 21 heavy (non-hydrogen) atoms. The van der Waals surface area contributed by atoms with Crippen molar-refractivity contribution in [2.75, 3.05) is 24.5 Å². The van der Waals surface area contributed by atoms with E-state index in [2.05, 4.69) is 23.4 Å².